The molecule has 0 spiro atoms. The van der Waals surface area contributed by atoms with Gasteiger partial charge in [-0.15, -0.1) is 0 Å². The Morgan fingerprint density at radius 3 is 2.55 bits per heavy atom. The van der Waals surface area contributed by atoms with E-state index in [1.165, 1.54) is 27.5 Å². The molecule has 22 heavy (non-hydrogen) atoms. The van der Waals surface area contributed by atoms with Gasteiger partial charge in [-0.2, -0.15) is 5.10 Å². The Balaban J connectivity index is 0.000000131. The van der Waals surface area contributed by atoms with Gasteiger partial charge in [-0.1, -0.05) is 18.2 Å². The van der Waals surface area contributed by atoms with E-state index < -0.39 is 0 Å². The van der Waals surface area contributed by atoms with Gasteiger partial charge in [0.15, 0.2) is 0 Å². The first-order valence-corrected chi connectivity index (χ1v) is 7.31. The van der Waals surface area contributed by atoms with E-state index in [0.717, 1.165) is 5.52 Å². The van der Waals surface area contributed by atoms with E-state index in [4.69, 9.17) is 0 Å². The van der Waals surface area contributed by atoms with Crippen molar-refractivity contribution in [2.24, 2.45) is 14.1 Å². The van der Waals surface area contributed by atoms with E-state index >= 15 is 0 Å². The molecule has 0 bridgehead atoms. The van der Waals surface area contributed by atoms with Crippen LogP contribution in [0.15, 0.2) is 48.9 Å². The fourth-order valence-electron chi connectivity index (χ4n) is 2.57. The first-order chi connectivity index (χ1) is 10.6. The Bertz CT molecular complexity index is 931. The van der Waals surface area contributed by atoms with Crippen LogP contribution in [0.25, 0.3) is 21.9 Å². The van der Waals surface area contributed by atoms with Crippen LogP contribution in [-0.2, 0) is 14.1 Å². The average Bonchev–Trinajstić information content (AvgIpc) is 3.05. The summed E-state index contributed by atoms with van der Waals surface area (Å²) in [7, 11) is 3.96. The largest absolute Gasteiger partial charge is 0.334 e. The maximum Gasteiger partial charge on any atom is 0.0955 e. The lowest BCUT2D eigenvalue weighted by Gasteiger charge is -1.94. The number of imidazole rings is 1. The molecule has 0 aliphatic rings. The van der Waals surface area contributed by atoms with Crippen LogP contribution in [0, 0.1) is 13.8 Å². The predicted octanol–water partition coefficient (Wildman–Crippen LogP) is 3.76. The van der Waals surface area contributed by atoms with E-state index in [2.05, 4.69) is 60.3 Å². The van der Waals surface area contributed by atoms with Gasteiger partial charge in [0.25, 0.3) is 0 Å². The van der Waals surface area contributed by atoms with Gasteiger partial charge >= 0.3 is 0 Å². The third-order valence-corrected chi connectivity index (χ3v) is 3.89. The summed E-state index contributed by atoms with van der Waals surface area (Å²) >= 11 is 0. The molecule has 0 radical (unpaired) electrons. The highest BCUT2D eigenvalue weighted by atomic mass is 15.2. The molecule has 0 amide bonds. The molecule has 2 heterocycles. The molecule has 0 N–H and O–H groups in total. The summed E-state index contributed by atoms with van der Waals surface area (Å²) in [4.78, 5) is 4.24. The molecular formula is C18H20N4. The second kappa shape index (κ2) is 5.64. The maximum atomic E-state index is 4.24. The van der Waals surface area contributed by atoms with Gasteiger partial charge in [0.2, 0.25) is 0 Å². The summed E-state index contributed by atoms with van der Waals surface area (Å²) in [5.74, 6) is 0. The lowest BCUT2D eigenvalue weighted by molar-refractivity contribution is 0.797. The number of rotatable bonds is 0. The van der Waals surface area contributed by atoms with Crippen LogP contribution in [0.2, 0.25) is 0 Å². The summed E-state index contributed by atoms with van der Waals surface area (Å²) in [6.45, 7) is 4.18. The summed E-state index contributed by atoms with van der Waals surface area (Å²) < 4.78 is 3.91. The van der Waals surface area contributed by atoms with Crippen molar-refractivity contribution in [1.29, 1.82) is 0 Å². The quantitative estimate of drug-likeness (QED) is 0.494. The van der Waals surface area contributed by atoms with Crippen molar-refractivity contribution in [3.05, 3.63) is 60.0 Å². The molecule has 0 unspecified atom stereocenters. The Morgan fingerprint density at radius 2 is 1.77 bits per heavy atom. The zero-order valence-corrected chi connectivity index (χ0v) is 13.4. The Morgan fingerprint density at radius 1 is 0.955 bits per heavy atom. The van der Waals surface area contributed by atoms with Crippen molar-refractivity contribution in [1.82, 2.24) is 19.3 Å². The minimum atomic E-state index is 1.08. The molecule has 0 saturated heterocycles. The Hall–Kier alpha value is -2.62. The third-order valence-electron chi connectivity index (χ3n) is 3.89. The normalized spacial score (nSPS) is 10.7. The molecule has 4 aromatic rings. The smallest absolute Gasteiger partial charge is 0.0955 e. The molecule has 0 atom stereocenters. The molecule has 4 nitrogen and oxygen atoms in total. The molecular weight excluding hydrogens is 272 g/mol. The second-order valence-corrected chi connectivity index (χ2v) is 5.62. The number of benzene rings is 2. The molecule has 0 saturated carbocycles. The molecule has 0 aliphatic heterocycles. The van der Waals surface area contributed by atoms with Crippen molar-refractivity contribution in [2.75, 3.05) is 0 Å². The van der Waals surface area contributed by atoms with Crippen LogP contribution in [0.4, 0.5) is 0 Å². The van der Waals surface area contributed by atoms with Gasteiger partial charge in [0.1, 0.15) is 0 Å². The van der Waals surface area contributed by atoms with Gasteiger partial charge < -0.3 is 4.57 Å². The van der Waals surface area contributed by atoms with Crippen LogP contribution in [0.5, 0.6) is 0 Å². The fraction of sp³-hybridized carbons (Fsp3) is 0.222. The summed E-state index contributed by atoms with van der Waals surface area (Å²) in [5.41, 5.74) is 6.01. The minimum Gasteiger partial charge on any atom is -0.334 e. The number of hydrogen-bond acceptors (Lipinski definition) is 2. The predicted molar refractivity (Wildman–Crippen MR) is 90.9 cm³/mol. The fourth-order valence-corrected chi connectivity index (χ4v) is 2.57. The van der Waals surface area contributed by atoms with E-state index in [0.29, 0.717) is 0 Å². The van der Waals surface area contributed by atoms with Crippen LogP contribution in [-0.4, -0.2) is 19.3 Å². The average molecular weight is 292 g/mol. The van der Waals surface area contributed by atoms with Gasteiger partial charge in [0, 0.05) is 19.5 Å². The Labute approximate surface area is 130 Å². The topological polar surface area (TPSA) is 35.6 Å². The number of fused-ring (bicyclic) bond motifs is 2. The number of hydrogen-bond donors (Lipinski definition) is 0. The van der Waals surface area contributed by atoms with Crippen molar-refractivity contribution in [3.8, 4) is 0 Å². The highest BCUT2D eigenvalue weighted by Gasteiger charge is 1.99. The third kappa shape index (κ3) is 2.60. The Kier molecular flexibility index (Phi) is 3.67. The van der Waals surface area contributed by atoms with Crippen molar-refractivity contribution >= 4 is 21.9 Å². The van der Waals surface area contributed by atoms with Crippen LogP contribution >= 0.6 is 0 Å². The highest BCUT2D eigenvalue weighted by molar-refractivity contribution is 5.81. The SMILES string of the molecule is Cc1ccc2c(c1)ncn2C.Cc1cccc2c1cnn2C. The van der Waals surface area contributed by atoms with Crippen molar-refractivity contribution in [2.45, 2.75) is 13.8 Å². The van der Waals surface area contributed by atoms with Crippen LogP contribution in [0.1, 0.15) is 11.1 Å². The lowest BCUT2D eigenvalue weighted by Crippen LogP contribution is -1.87. The number of aromatic nitrogens is 4. The molecule has 0 fully saturated rings. The summed E-state index contributed by atoms with van der Waals surface area (Å²) in [6, 6.07) is 12.5. The second-order valence-electron chi connectivity index (χ2n) is 5.62. The van der Waals surface area contributed by atoms with Gasteiger partial charge in [-0.05, 0) is 43.2 Å². The van der Waals surface area contributed by atoms with Crippen LogP contribution in [0.3, 0.4) is 0 Å². The first-order valence-electron chi connectivity index (χ1n) is 7.31. The van der Waals surface area contributed by atoms with E-state index in [1.807, 2.05) is 35.9 Å². The zero-order chi connectivity index (χ0) is 15.7. The molecule has 2 aromatic carbocycles. The molecule has 112 valence electrons. The standard InChI is InChI=1S/2C9H10N2/c1-7-3-4-9-8(5-7)10-6-11(9)2;1-7-4-3-5-9-8(7)6-10-11(9)2/h2*3-6H,1-2H3. The van der Waals surface area contributed by atoms with Gasteiger partial charge in [-0.3, -0.25) is 4.68 Å². The first kappa shape index (κ1) is 14.3. The van der Waals surface area contributed by atoms with E-state index in [1.54, 1.807) is 0 Å². The monoisotopic (exact) mass is 292 g/mol. The molecule has 2 aromatic heterocycles. The zero-order valence-electron chi connectivity index (χ0n) is 13.4. The molecule has 4 rings (SSSR count). The summed E-state index contributed by atoms with van der Waals surface area (Å²) in [6.07, 6.45) is 3.74. The number of aryl methyl sites for hydroxylation is 4. The van der Waals surface area contributed by atoms with Gasteiger partial charge in [0.05, 0.1) is 29.1 Å². The molecule has 0 aliphatic carbocycles. The summed E-state index contributed by atoms with van der Waals surface area (Å²) in [5, 5.41) is 5.42. The molecule has 4 heteroatoms. The van der Waals surface area contributed by atoms with E-state index in [9.17, 15) is 0 Å². The van der Waals surface area contributed by atoms with Crippen molar-refractivity contribution in [3.63, 3.8) is 0 Å². The maximum absolute atomic E-state index is 4.24. The van der Waals surface area contributed by atoms with Crippen LogP contribution < -0.4 is 0 Å². The lowest BCUT2D eigenvalue weighted by atomic mass is 10.1. The van der Waals surface area contributed by atoms with E-state index in [-0.39, 0.29) is 0 Å². The van der Waals surface area contributed by atoms with Crippen molar-refractivity contribution < 1.29 is 0 Å². The van der Waals surface area contributed by atoms with Gasteiger partial charge in [-0.25, -0.2) is 4.98 Å². The highest BCUT2D eigenvalue weighted by Crippen LogP contribution is 2.16. The minimum absolute atomic E-state index is 1.08. The number of nitrogens with zero attached hydrogens (tertiary/aromatic N) is 4.